The maximum absolute atomic E-state index is 4.12. The van der Waals surface area contributed by atoms with E-state index in [4.69, 9.17) is 0 Å². The highest BCUT2D eigenvalue weighted by atomic mass is 14.7. The van der Waals surface area contributed by atoms with Crippen molar-refractivity contribution >= 4 is 6.21 Å². The van der Waals surface area contributed by atoms with E-state index in [-0.39, 0.29) is 0 Å². The van der Waals surface area contributed by atoms with Gasteiger partial charge in [0.15, 0.2) is 0 Å². The Kier molecular flexibility index (Phi) is 1.47. The molecule has 0 saturated carbocycles. The van der Waals surface area contributed by atoms with Crippen molar-refractivity contribution in [1.29, 1.82) is 0 Å². The summed E-state index contributed by atoms with van der Waals surface area (Å²) in [5.41, 5.74) is 2.86. The minimum absolute atomic E-state index is 0.934. The van der Waals surface area contributed by atoms with Gasteiger partial charge in [-0.2, -0.15) is 0 Å². The van der Waals surface area contributed by atoms with E-state index < -0.39 is 0 Å². The van der Waals surface area contributed by atoms with Crippen molar-refractivity contribution in [3.63, 3.8) is 0 Å². The van der Waals surface area contributed by atoms with E-state index in [2.05, 4.69) is 18.8 Å². The van der Waals surface area contributed by atoms with Crippen LogP contribution in [0.2, 0.25) is 0 Å². The van der Waals surface area contributed by atoms with Crippen molar-refractivity contribution < 1.29 is 0 Å². The summed E-state index contributed by atoms with van der Waals surface area (Å²) in [5, 5.41) is 0. The summed E-state index contributed by atoms with van der Waals surface area (Å²) in [7, 11) is 0. The van der Waals surface area contributed by atoms with E-state index in [1.807, 2.05) is 6.21 Å². The zero-order valence-corrected chi connectivity index (χ0v) is 5.44. The predicted molar refractivity (Wildman–Crippen MR) is 36.4 cm³/mol. The van der Waals surface area contributed by atoms with Gasteiger partial charge < -0.3 is 0 Å². The van der Waals surface area contributed by atoms with Crippen LogP contribution in [0.25, 0.3) is 0 Å². The van der Waals surface area contributed by atoms with Gasteiger partial charge in [-0.05, 0) is 24.5 Å². The third kappa shape index (κ3) is 0.808. The van der Waals surface area contributed by atoms with Crippen LogP contribution in [0.15, 0.2) is 16.1 Å². The van der Waals surface area contributed by atoms with E-state index in [0.717, 1.165) is 13.0 Å². The molecule has 0 spiro atoms. The third-order valence-corrected chi connectivity index (χ3v) is 1.50. The van der Waals surface area contributed by atoms with Gasteiger partial charge in [0, 0.05) is 6.21 Å². The van der Waals surface area contributed by atoms with Gasteiger partial charge in [0.2, 0.25) is 0 Å². The molecular weight excluding hydrogens is 98.1 g/mol. The Morgan fingerprint density at radius 1 is 1.75 bits per heavy atom. The zero-order valence-electron chi connectivity index (χ0n) is 5.44. The van der Waals surface area contributed by atoms with Crippen molar-refractivity contribution in [3.8, 4) is 0 Å². The summed E-state index contributed by atoms with van der Waals surface area (Å²) < 4.78 is 0. The topological polar surface area (TPSA) is 12.4 Å². The summed E-state index contributed by atoms with van der Waals surface area (Å²) in [5.74, 6) is 0. The predicted octanol–water partition coefficient (Wildman–Crippen LogP) is 1.80. The monoisotopic (exact) mass is 109 g/mol. The number of rotatable bonds is 1. The Hall–Kier alpha value is -0.590. The van der Waals surface area contributed by atoms with Gasteiger partial charge in [0.25, 0.3) is 0 Å². The molecule has 0 aliphatic carbocycles. The molecule has 0 bridgehead atoms. The molecule has 0 saturated heterocycles. The molecule has 1 nitrogen and oxygen atoms in total. The van der Waals surface area contributed by atoms with Crippen LogP contribution in [-0.2, 0) is 0 Å². The minimum Gasteiger partial charge on any atom is -0.288 e. The van der Waals surface area contributed by atoms with Crippen LogP contribution in [0, 0.1) is 0 Å². The van der Waals surface area contributed by atoms with Crippen LogP contribution in [0.5, 0.6) is 0 Å². The van der Waals surface area contributed by atoms with Crippen molar-refractivity contribution in [2.75, 3.05) is 6.54 Å². The number of hydrogen-bond donors (Lipinski definition) is 0. The lowest BCUT2D eigenvalue weighted by Crippen LogP contribution is -1.81. The molecule has 0 aromatic rings. The van der Waals surface area contributed by atoms with Crippen LogP contribution < -0.4 is 0 Å². The number of nitrogens with zero attached hydrogens (tertiary/aromatic N) is 1. The summed E-state index contributed by atoms with van der Waals surface area (Å²) in [6.45, 7) is 5.24. The SMILES string of the molecule is CCC1=C(C)CN=C1. The second kappa shape index (κ2) is 2.12. The van der Waals surface area contributed by atoms with E-state index in [1.165, 1.54) is 11.1 Å². The quantitative estimate of drug-likeness (QED) is 0.487. The molecular formula is C7H11N. The van der Waals surface area contributed by atoms with Crippen molar-refractivity contribution in [2.45, 2.75) is 20.3 Å². The number of allylic oxidation sites excluding steroid dienone is 1. The standard InChI is InChI=1S/C7H11N/c1-3-7-5-8-4-6(7)2/h5H,3-4H2,1-2H3. The second-order valence-electron chi connectivity index (χ2n) is 2.13. The average Bonchev–Trinajstić information content (AvgIpc) is 2.14. The first-order valence-electron chi connectivity index (χ1n) is 3.03. The molecule has 0 aromatic carbocycles. The number of aliphatic imine (C=N–C) groups is 1. The van der Waals surface area contributed by atoms with Gasteiger partial charge in [0.1, 0.15) is 0 Å². The fourth-order valence-electron chi connectivity index (χ4n) is 0.898. The molecule has 1 aliphatic heterocycles. The van der Waals surface area contributed by atoms with Gasteiger partial charge in [-0.25, -0.2) is 0 Å². The van der Waals surface area contributed by atoms with Crippen LogP contribution >= 0.6 is 0 Å². The van der Waals surface area contributed by atoms with Gasteiger partial charge in [-0.1, -0.05) is 6.92 Å². The van der Waals surface area contributed by atoms with Gasteiger partial charge in [-0.3, -0.25) is 4.99 Å². The molecule has 1 heterocycles. The Morgan fingerprint density at radius 2 is 2.50 bits per heavy atom. The van der Waals surface area contributed by atoms with Crippen LogP contribution in [0.1, 0.15) is 20.3 Å². The minimum atomic E-state index is 0.934. The third-order valence-electron chi connectivity index (χ3n) is 1.50. The molecule has 1 rings (SSSR count). The maximum atomic E-state index is 4.12. The lowest BCUT2D eigenvalue weighted by atomic mass is 10.1. The molecule has 44 valence electrons. The van der Waals surface area contributed by atoms with E-state index in [0.29, 0.717) is 0 Å². The fraction of sp³-hybridized carbons (Fsp3) is 0.571. The van der Waals surface area contributed by atoms with Crippen LogP contribution in [-0.4, -0.2) is 12.8 Å². The van der Waals surface area contributed by atoms with Crippen LogP contribution in [0.4, 0.5) is 0 Å². The summed E-state index contributed by atoms with van der Waals surface area (Å²) in [4.78, 5) is 4.12. The Labute approximate surface area is 50.1 Å². The van der Waals surface area contributed by atoms with E-state index >= 15 is 0 Å². The lowest BCUT2D eigenvalue weighted by Gasteiger charge is -1.91. The highest BCUT2D eigenvalue weighted by Crippen LogP contribution is 2.11. The molecule has 0 radical (unpaired) electrons. The lowest BCUT2D eigenvalue weighted by molar-refractivity contribution is 1.11. The molecule has 8 heavy (non-hydrogen) atoms. The van der Waals surface area contributed by atoms with E-state index in [1.54, 1.807) is 0 Å². The van der Waals surface area contributed by atoms with E-state index in [9.17, 15) is 0 Å². The zero-order chi connectivity index (χ0) is 5.98. The fourth-order valence-corrected chi connectivity index (χ4v) is 0.898. The molecule has 0 aromatic heterocycles. The molecule has 1 heteroatoms. The highest BCUT2D eigenvalue weighted by molar-refractivity contribution is 5.82. The summed E-state index contributed by atoms with van der Waals surface area (Å²) in [6.07, 6.45) is 3.12. The Balaban J connectivity index is 2.70. The largest absolute Gasteiger partial charge is 0.288 e. The number of hydrogen-bond acceptors (Lipinski definition) is 1. The summed E-state index contributed by atoms with van der Waals surface area (Å²) >= 11 is 0. The first-order chi connectivity index (χ1) is 3.84. The molecule has 0 atom stereocenters. The van der Waals surface area contributed by atoms with Gasteiger partial charge in [0.05, 0.1) is 6.54 Å². The van der Waals surface area contributed by atoms with Gasteiger partial charge in [-0.15, -0.1) is 0 Å². The van der Waals surface area contributed by atoms with Crippen molar-refractivity contribution in [1.82, 2.24) is 0 Å². The maximum Gasteiger partial charge on any atom is 0.0603 e. The highest BCUT2D eigenvalue weighted by Gasteiger charge is 2.00. The Morgan fingerprint density at radius 3 is 2.75 bits per heavy atom. The summed E-state index contributed by atoms with van der Waals surface area (Å²) in [6, 6.07) is 0. The first-order valence-corrected chi connectivity index (χ1v) is 3.03. The van der Waals surface area contributed by atoms with Crippen LogP contribution in [0.3, 0.4) is 0 Å². The molecule has 0 unspecified atom stereocenters. The van der Waals surface area contributed by atoms with Crippen molar-refractivity contribution in [2.24, 2.45) is 4.99 Å². The smallest absolute Gasteiger partial charge is 0.0603 e. The molecule has 0 N–H and O–H groups in total. The van der Waals surface area contributed by atoms with Crippen molar-refractivity contribution in [3.05, 3.63) is 11.1 Å². The molecule has 1 aliphatic rings. The van der Waals surface area contributed by atoms with Gasteiger partial charge >= 0.3 is 0 Å². The average molecular weight is 109 g/mol. The molecule has 0 amide bonds. The Bertz CT molecular complexity index is 142. The first kappa shape index (κ1) is 5.54. The second-order valence-corrected chi connectivity index (χ2v) is 2.13. The molecule has 0 fully saturated rings. The normalized spacial score (nSPS) is 18.2.